The highest BCUT2D eigenvalue weighted by Crippen LogP contribution is 2.36. The third-order valence-corrected chi connectivity index (χ3v) is 10.1. The van der Waals surface area contributed by atoms with Crippen LogP contribution in [0.5, 0.6) is 0 Å². The second kappa shape index (κ2) is 13.6. The van der Waals surface area contributed by atoms with Crippen molar-refractivity contribution in [2.24, 2.45) is 0 Å². The number of nitrogens with one attached hydrogen (secondary N) is 1. The zero-order valence-electron chi connectivity index (χ0n) is 23.0. The maximum absolute atomic E-state index is 13.0. The zero-order valence-corrected chi connectivity index (χ0v) is 26.5. The van der Waals surface area contributed by atoms with Gasteiger partial charge in [-0.1, -0.05) is 32.5 Å². The summed E-state index contributed by atoms with van der Waals surface area (Å²) in [6.07, 6.45) is 9.16. The zero-order chi connectivity index (χ0) is 27.1. The smallest absolute Gasteiger partial charge is 0.255 e. The van der Waals surface area contributed by atoms with E-state index in [0.717, 1.165) is 48.8 Å². The molecule has 0 aromatic carbocycles. The van der Waals surface area contributed by atoms with Crippen LogP contribution < -0.4 is 4.72 Å². The second-order valence-electron chi connectivity index (χ2n) is 11.7. The van der Waals surface area contributed by atoms with E-state index in [2.05, 4.69) is 50.3 Å². The highest BCUT2D eigenvalue weighted by atomic mass is 79.9. The van der Waals surface area contributed by atoms with Gasteiger partial charge in [-0.2, -0.15) is 0 Å². The van der Waals surface area contributed by atoms with Crippen LogP contribution in [0.1, 0.15) is 70.6 Å². The summed E-state index contributed by atoms with van der Waals surface area (Å²) in [4.78, 5) is 8.94. The molecule has 3 rings (SSSR count). The number of ether oxygens (including phenoxy) is 3. The summed E-state index contributed by atoms with van der Waals surface area (Å²) < 4.78 is 42.2. The van der Waals surface area contributed by atoms with Crippen molar-refractivity contribution in [1.82, 2.24) is 19.3 Å². The first-order valence-corrected chi connectivity index (χ1v) is 18.7. The van der Waals surface area contributed by atoms with Crippen molar-refractivity contribution in [3.63, 3.8) is 0 Å². The number of halogens is 1. The summed E-state index contributed by atoms with van der Waals surface area (Å²) in [6, 6.07) is 0.930. The molecule has 1 fully saturated rings. The summed E-state index contributed by atoms with van der Waals surface area (Å²) in [5.41, 5.74) is 0. The van der Waals surface area contributed by atoms with Gasteiger partial charge in [-0.05, 0) is 55.6 Å². The minimum Gasteiger partial charge on any atom is -0.598 e. The number of hydrogen-bond donors (Lipinski definition) is 1. The number of unbranched alkanes of at least 4 members (excludes halogenated alkanes) is 2. The molecule has 0 spiro atoms. The Kier molecular flexibility index (Phi) is 11.3. The number of imidazole rings is 1. The number of rotatable bonds is 15. The van der Waals surface area contributed by atoms with E-state index in [9.17, 15) is 4.55 Å². The van der Waals surface area contributed by atoms with Gasteiger partial charge in [0.05, 0.1) is 25.6 Å². The molecule has 2 aromatic rings. The molecule has 0 amide bonds. The number of aromatic nitrogens is 3. The molecule has 0 saturated carbocycles. The Labute approximate surface area is 233 Å². The first-order chi connectivity index (χ1) is 17.4. The average molecular weight is 620 g/mol. The third-order valence-electron chi connectivity index (χ3n) is 6.18. The van der Waals surface area contributed by atoms with E-state index in [-0.39, 0.29) is 10.8 Å². The quantitative estimate of drug-likeness (QED) is 0.150. The molecule has 2 atom stereocenters. The molecule has 1 N–H and O–H groups in total. The van der Waals surface area contributed by atoms with Crippen LogP contribution in [0.2, 0.25) is 25.7 Å². The van der Waals surface area contributed by atoms with Gasteiger partial charge >= 0.3 is 0 Å². The SMILES string of the molecule is CC(C)(C)[S+]([O-])NC(CCCCCC1(c2ncco2)OCCO1)c1ncc(Br)n1COCC[Si](C)(C)C. The van der Waals surface area contributed by atoms with Crippen LogP contribution in [-0.4, -0.2) is 51.7 Å². The molecule has 3 heterocycles. The minimum atomic E-state index is -1.24. The molecule has 1 saturated heterocycles. The van der Waals surface area contributed by atoms with Gasteiger partial charge in [-0.25, -0.2) is 9.97 Å². The number of oxazole rings is 1. The summed E-state index contributed by atoms with van der Waals surface area (Å²) in [5.74, 6) is 0.422. The van der Waals surface area contributed by atoms with Crippen LogP contribution in [0.3, 0.4) is 0 Å². The Hall–Kier alpha value is -0.733. The van der Waals surface area contributed by atoms with Crippen LogP contribution in [0.15, 0.2) is 27.7 Å². The van der Waals surface area contributed by atoms with Crippen LogP contribution in [0.4, 0.5) is 0 Å². The van der Waals surface area contributed by atoms with Crippen molar-refractivity contribution in [1.29, 1.82) is 0 Å². The molecule has 1 aliphatic heterocycles. The topological polar surface area (TPSA) is 107 Å². The largest absolute Gasteiger partial charge is 0.598 e. The van der Waals surface area contributed by atoms with Crippen molar-refractivity contribution >= 4 is 35.4 Å². The van der Waals surface area contributed by atoms with Gasteiger partial charge in [0.25, 0.3) is 5.89 Å². The molecular formula is C25H43BrN4O5SSi. The molecule has 12 heteroatoms. The Balaban J connectivity index is 1.61. The standard InChI is InChI=1S/C25H43BrN4O5SSi/c1-24(2,3)36(31)29-20(22-28-18-21(26)30(22)19-32-16-17-37(4,5)6)10-8-7-9-11-25(34-14-15-35-25)23-27-12-13-33-23/h12-13,18,20,29H,7-11,14-17,19H2,1-6H3. The van der Waals surface area contributed by atoms with Gasteiger partial charge in [0, 0.05) is 32.5 Å². The molecule has 0 aliphatic carbocycles. The maximum Gasteiger partial charge on any atom is 0.255 e. The third kappa shape index (κ3) is 9.16. The Morgan fingerprint density at radius 1 is 1.22 bits per heavy atom. The van der Waals surface area contributed by atoms with E-state index in [4.69, 9.17) is 18.6 Å². The van der Waals surface area contributed by atoms with Crippen LogP contribution in [-0.2, 0) is 38.1 Å². The van der Waals surface area contributed by atoms with E-state index >= 15 is 0 Å². The van der Waals surface area contributed by atoms with E-state index < -0.39 is 25.2 Å². The molecule has 37 heavy (non-hydrogen) atoms. The normalized spacial score (nSPS) is 17.8. The highest BCUT2D eigenvalue weighted by molar-refractivity contribution is 9.10. The molecule has 0 bridgehead atoms. The van der Waals surface area contributed by atoms with Gasteiger partial charge in [-0.15, -0.1) is 4.72 Å². The second-order valence-corrected chi connectivity index (χ2v) is 20.1. The van der Waals surface area contributed by atoms with E-state index in [1.807, 2.05) is 25.3 Å². The molecule has 2 unspecified atom stereocenters. The van der Waals surface area contributed by atoms with E-state index in [1.165, 1.54) is 0 Å². The molecular weight excluding hydrogens is 576 g/mol. The molecule has 2 aromatic heterocycles. The Bertz CT molecular complexity index is 942. The van der Waals surface area contributed by atoms with Crippen molar-refractivity contribution in [3.05, 3.63) is 35.0 Å². The minimum absolute atomic E-state index is 0.174. The number of nitrogens with zero attached hydrogens (tertiary/aromatic N) is 3. The molecule has 210 valence electrons. The van der Waals surface area contributed by atoms with Crippen molar-refractivity contribution in [2.75, 3.05) is 19.8 Å². The Morgan fingerprint density at radius 2 is 1.95 bits per heavy atom. The van der Waals surface area contributed by atoms with Crippen molar-refractivity contribution in [3.8, 4) is 0 Å². The predicted octanol–water partition coefficient (Wildman–Crippen LogP) is 5.89. The number of hydrogen-bond acceptors (Lipinski definition) is 8. The van der Waals surface area contributed by atoms with Gasteiger partial charge in [-0.3, -0.25) is 4.57 Å². The van der Waals surface area contributed by atoms with E-state index in [0.29, 0.717) is 32.3 Å². The summed E-state index contributed by atoms with van der Waals surface area (Å²) in [6.45, 7) is 15.1. The summed E-state index contributed by atoms with van der Waals surface area (Å²) in [7, 11) is -1.17. The van der Waals surface area contributed by atoms with Crippen LogP contribution in [0, 0.1) is 0 Å². The fourth-order valence-electron chi connectivity index (χ4n) is 3.98. The maximum atomic E-state index is 13.0. The van der Waals surface area contributed by atoms with Crippen molar-refractivity contribution < 1.29 is 23.2 Å². The van der Waals surface area contributed by atoms with Crippen LogP contribution >= 0.6 is 15.9 Å². The van der Waals surface area contributed by atoms with Gasteiger partial charge in [0.1, 0.15) is 34.2 Å². The lowest BCUT2D eigenvalue weighted by atomic mass is 10.0. The van der Waals surface area contributed by atoms with Gasteiger partial charge < -0.3 is 23.2 Å². The Morgan fingerprint density at radius 3 is 2.57 bits per heavy atom. The monoisotopic (exact) mass is 618 g/mol. The fraction of sp³-hybridized carbons (Fsp3) is 0.760. The lowest BCUT2D eigenvalue weighted by Gasteiger charge is -2.28. The summed E-state index contributed by atoms with van der Waals surface area (Å²) in [5, 5.41) is 0. The molecule has 9 nitrogen and oxygen atoms in total. The average Bonchev–Trinajstić information content (AvgIpc) is 3.56. The fourth-order valence-corrected chi connectivity index (χ4v) is 5.96. The predicted molar refractivity (Wildman–Crippen MR) is 151 cm³/mol. The molecule has 1 aliphatic rings. The van der Waals surface area contributed by atoms with Gasteiger partial charge in [0.15, 0.2) is 0 Å². The van der Waals surface area contributed by atoms with Crippen LogP contribution in [0.25, 0.3) is 0 Å². The van der Waals surface area contributed by atoms with Gasteiger partial charge in [0.2, 0.25) is 5.79 Å². The lowest BCUT2D eigenvalue weighted by molar-refractivity contribution is -0.187. The van der Waals surface area contributed by atoms with E-state index in [1.54, 1.807) is 18.7 Å². The summed E-state index contributed by atoms with van der Waals surface area (Å²) >= 11 is 2.38. The van der Waals surface area contributed by atoms with Crippen molar-refractivity contribution in [2.45, 2.75) is 102 Å². The molecule has 0 radical (unpaired) electrons. The highest BCUT2D eigenvalue weighted by Gasteiger charge is 2.42. The first-order valence-electron chi connectivity index (χ1n) is 13.1. The lowest BCUT2D eigenvalue weighted by Crippen LogP contribution is -2.42. The first kappa shape index (κ1) is 30.8.